The van der Waals surface area contributed by atoms with E-state index in [2.05, 4.69) is 5.32 Å². The number of carboxylic acid groups (broad SMARTS) is 1. The van der Waals surface area contributed by atoms with Gasteiger partial charge in [0.15, 0.2) is 0 Å². The molecule has 0 rings (SSSR count). The Labute approximate surface area is 103 Å². The molecule has 2 amide bonds. The Morgan fingerprint density at radius 2 is 1.94 bits per heavy atom. The minimum atomic E-state index is -0.976. The summed E-state index contributed by atoms with van der Waals surface area (Å²) < 4.78 is 0. The maximum absolute atomic E-state index is 11.9. The van der Waals surface area contributed by atoms with Gasteiger partial charge in [0.1, 0.15) is 6.54 Å². The van der Waals surface area contributed by atoms with Gasteiger partial charge in [-0.3, -0.25) is 4.79 Å². The summed E-state index contributed by atoms with van der Waals surface area (Å²) in [6, 6.07) is -0.217. The molecule has 0 saturated carbocycles. The number of carboxylic acids is 1. The van der Waals surface area contributed by atoms with E-state index in [1.54, 1.807) is 11.9 Å². The average Bonchev–Trinajstić information content (AvgIpc) is 2.27. The van der Waals surface area contributed by atoms with Gasteiger partial charge >= 0.3 is 12.0 Å². The van der Waals surface area contributed by atoms with Crippen LogP contribution in [0, 0.1) is 0 Å². The lowest BCUT2D eigenvalue weighted by Crippen LogP contribution is -2.44. The molecule has 0 heterocycles. The van der Waals surface area contributed by atoms with Crippen LogP contribution < -0.4 is 5.32 Å². The fourth-order valence-corrected chi connectivity index (χ4v) is 1.51. The highest BCUT2D eigenvalue weighted by Gasteiger charge is 2.19. The molecule has 0 radical (unpaired) electrons. The maximum Gasteiger partial charge on any atom is 0.323 e. The molecule has 0 unspecified atom stereocenters. The summed E-state index contributed by atoms with van der Waals surface area (Å²) in [6.45, 7) is 3.62. The molecular formula is C11H23N3O3. The van der Waals surface area contributed by atoms with Crippen molar-refractivity contribution in [1.29, 1.82) is 0 Å². The Kier molecular flexibility index (Phi) is 8.13. The molecule has 0 atom stereocenters. The quantitative estimate of drug-likeness (QED) is 0.609. The third-order valence-corrected chi connectivity index (χ3v) is 2.34. The number of rotatable bonds is 8. The standard InChI is InChI=1S/C11H23N3O3/c1-4-7-14(9-10(15)16)11(17)13(3)8-5-6-12-2/h12H,4-9H2,1-3H3,(H,15,16). The minimum Gasteiger partial charge on any atom is -0.480 e. The third-order valence-electron chi connectivity index (χ3n) is 2.34. The van der Waals surface area contributed by atoms with Crippen LogP contribution in [-0.2, 0) is 4.79 Å². The molecule has 6 nitrogen and oxygen atoms in total. The van der Waals surface area contributed by atoms with E-state index < -0.39 is 5.97 Å². The first-order chi connectivity index (χ1) is 8.02. The van der Waals surface area contributed by atoms with E-state index in [4.69, 9.17) is 5.11 Å². The Morgan fingerprint density at radius 1 is 1.29 bits per heavy atom. The molecule has 17 heavy (non-hydrogen) atoms. The first-order valence-electron chi connectivity index (χ1n) is 5.89. The van der Waals surface area contributed by atoms with Crippen molar-refractivity contribution in [2.75, 3.05) is 40.3 Å². The highest BCUT2D eigenvalue weighted by atomic mass is 16.4. The Balaban J connectivity index is 4.22. The van der Waals surface area contributed by atoms with Crippen LogP contribution in [0.3, 0.4) is 0 Å². The second-order valence-electron chi connectivity index (χ2n) is 3.98. The number of urea groups is 1. The van der Waals surface area contributed by atoms with Gasteiger partial charge in [0.25, 0.3) is 0 Å². The van der Waals surface area contributed by atoms with E-state index in [9.17, 15) is 9.59 Å². The summed E-state index contributed by atoms with van der Waals surface area (Å²) in [5.41, 5.74) is 0. The molecule has 0 aliphatic heterocycles. The van der Waals surface area contributed by atoms with Crippen molar-refractivity contribution >= 4 is 12.0 Å². The van der Waals surface area contributed by atoms with Gasteiger partial charge in [0.05, 0.1) is 0 Å². The van der Waals surface area contributed by atoms with Crippen LogP contribution in [0.2, 0.25) is 0 Å². The first kappa shape index (κ1) is 15.7. The van der Waals surface area contributed by atoms with E-state index in [-0.39, 0.29) is 12.6 Å². The number of carbonyl (C=O) groups excluding carboxylic acids is 1. The molecule has 0 bridgehead atoms. The second kappa shape index (κ2) is 8.81. The minimum absolute atomic E-state index is 0.217. The lowest BCUT2D eigenvalue weighted by atomic mass is 10.3. The third kappa shape index (κ3) is 6.78. The number of nitrogens with zero attached hydrogens (tertiary/aromatic N) is 2. The first-order valence-corrected chi connectivity index (χ1v) is 5.89. The van der Waals surface area contributed by atoms with Gasteiger partial charge in [0, 0.05) is 20.1 Å². The molecular weight excluding hydrogens is 222 g/mol. The average molecular weight is 245 g/mol. The van der Waals surface area contributed by atoms with Crippen LogP contribution in [0.4, 0.5) is 4.79 Å². The summed E-state index contributed by atoms with van der Waals surface area (Å²) in [5.74, 6) is -0.976. The van der Waals surface area contributed by atoms with Gasteiger partial charge in [-0.1, -0.05) is 6.92 Å². The van der Waals surface area contributed by atoms with Crippen molar-refractivity contribution in [2.24, 2.45) is 0 Å². The molecule has 0 aromatic rings. The lowest BCUT2D eigenvalue weighted by Gasteiger charge is -2.26. The van der Waals surface area contributed by atoms with E-state index in [0.717, 1.165) is 19.4 Å². The Bertz CT molecular complexity index is 246. The van der Waals surface area contributed by atoms with Crippen molar-refractivity contribution in [2.45, 2.75) is 19.8 Å². The van der Waals surface area contributed by atoms with Crippen LogP contribution in [-0.4, -0.2) is 67.2 Å². The Hall–Kier alpha value is -1.30. The fraction of sp³-hybridized carbons (Fsp3) is 0.818. The predicted octanol–water partition coefficient (Wildman–Crippen LogP) is 0.444. The largest absolute Gasteiger partial charge is 0.480 e. The second-order valence-corrected chi connectivity index (χ2v) is 3.98. The van der Waals surface area contributed by atoms with Crippen molar-refractivity contribution in [3.63, 3.8) is 0 Å². The highest BCUT2D eigenvalue weighted by Crippen LogP contribution is 1.99. The fourth-order valence-electron chi connectivity index (χ4n) is 1.51. The SMILES string of the molecule is CCCN(CC(=O)O)C(=O)N(C)CCCNC. The summed E-state index contributed by atoms with van der Waals surface area (Å²) in [5, 5.41) is 11.7. The summed E-state index contributed by atoms with van der Waals surface area (Å²) in [4.78, 5) is 25.5. The normalized spacial score (nSPS) is 10.1. The lowest BCUT2D eigenvalue weighted by molar-refractivity contribution is -0.137. The van der Waals surface area contributed by atoms with Gasteiger partial charge in [-0.2, -0.15) is 0 Å². The topological polar surface area (TPSA) is 72.9 Å². The summed E-state index contributed by atoms with van der Waals surface area (Å²) >= 11 is 0. The van der Waals surface area contributed by atoms with E-state index in [1.165, 1.54) is 4.90 Å². The predicted molar refractivity (Wildman–Crippen MR) is 66.1 cm³/mol. The molecule has 0 aliphatic carbocycles. The summed E-state index contributed by atoms with van der Waals surface area (Å²) in [7, 11) is 3.55. The van der Waals surface area contributed by atoms with Gasteiger partial charge in [0.2, 0.25) is 0 Å². The smallest absolute Gasteiger partial charge is 0.323 e. The van der Waals surface area contributed by atoms with Crippen molar-refractivity contribution in [3.8, 4) is 0 Å². The number of hydrogen-bond acceptors (Lipinski definition) is 3. The van der Waals surface area contributed by atoms with Crippen LogP contribution in [0.1, 0.15) is 19.8 Å². The molecule has 0 spiro atoms. The molecule has 6 heteroatoms. The zero-order chi connectivity index (χ0) is 13.3. The molecule has 0 fully saturated rings. The van der Waals surface area contributed by atoms with Crippen LogP contribution in [0.25, 0.3) is 0 Å². The zero-order valence-electron chi connectivity index (χ0n) is 10.9. The number of hydrogen-bond donors (Lipinski definition) is 2. The van der Waals surface area contributed by atoms with E-state index >= 15 is 0 Å². The highest BCUT2D eigenvalue weighted by molar-refractivity contribution is 5.80. The molecule has 0 aliphatic rings. The molecule has 100 valence electrons. The molecule has 0 aromatic carbocycles. The summed E-state index contributed by atoms with van der Waals surface area (Å²) in [6.07, 6.45) is 1.61. The monoisotopic (exact) mass is 245 g/mol. The number of amides is 2. The molecule has 2 N–H and O–H groups in total. The van der Waals surface area contributed by atoms with E-state index in [0.29, 0.717) is 13.1 Å². The zero-order valence-corrected chi connectivity index (χ0v) is 10.9. The molecule has 0 aromatic heterocycles. The van der Waals surface area contributed by atoms with Crippen molar-refractivity contribution < 1.29 is 14.7 Å². The van der Waals surface area contributed by atoms with Gasteiger partial charge < -0.3 is 20.2 Å². The maximum atomic E-state index is 11.9. The number of nitrogens with one attached hydrogen (secondary N) is 1. The van der Waals surface area contributed by atoms with Crippen LogP contribution >= 0.6 is 0 Å². The van der Waals surface area contributed by atoms with Gasteiger partial charge in [-0.05, 0) is 26.4 Å². The number of aliphatic carboxylic acids is 1. The molecule has 0 saturated heterocycles. The van der Waals surface area contributed by atoms with E-state index in [1.807, 2.05) is 14.0 Å². The van der Waals surface area contributed by atoms with Gasteiger partial charge in [-0.15, -0.1) is 0 Å². The van der Waals surface area contributed by atoms with Crippen molar-refractivity contribution in [3.05, 3.63) is 0 Å². The Morgan fingerprint density at radius 3 is 2.41 bits per heavy atom. The van der Waals surface area contributed by atoms with Crippen molar-refractivity contribution in [1.82, 2.24) is 15.1 Å². The van der Waals surface area contributed by atoms with Crippen LogP contribution in [0.15, 0.2) is 0 Å². The number of carbonyl (C=O) groups is 2. The van der Waals surface area contributed by atoms with Crippen LogP contribution in [0.5, 0.6) is 0 Å². The van der Waals surface area contributed by atoms with Gasteiger partial charge in [-0.25, -0.2) is 4.79 Å².